The second-order valence-corrected chi connectivity index (χ2v) is 7.72. The molecule has 27 heavy (non-hydrogen) atoms. The summed E-state index contributed by atoms with van der Waals surface area (Å²) >= 11 is 1.73. The van der Waals surface area contributed by atoms with Crippen LogP contribution < -0.4 is 10.6 Å². The molecule has 1 saturated heterocycles. The van der Waals surface area contributed by atoms with Crippen LogP contribution in [0.3, 0.4) is 0 Å². The highest BCUT2D eigenvalue weighted by atomic mass is 32.1. The van der Waals surface area contributed by atoms with Crippen LogP contribution in [0.4, 0.5) is 0 Å². The van der Waals surface area contributed by atoms with Gasteiger partial charge < -0.3 is 15.5 Å². The number of nitrogens with zero attached hydrogens (tertiary/aromatic N) is 3. The lowest BCUT2D eigenvalue weighted by Gasteiger charge is -2.34. The van der Waals surface area contributed by atoms with Crippen molar-refractivity contribution >= 4 is 17.3 Å². The van der Waals surface area contributed by atoms with Crippen molar-refractivity contribution in [2.45, 2.75) is 19.5 Å². The Labute approximate surface area is 167 Å². The second-order valence-electron chi connectivity index (χ2n) is 6.94. The standard InChI is InChI=1S/C21H31N5S/c1-22-21(24-16-20-8-15-27-18-20)23-9-5-10-25-11-13-26(14-12-25)17-19-6-3-2-4-7-19/h2-4,6-8,15,18H,5,9-14,16-17H2,1H3,(H2,22,23,24). The molecule has 1 aromatic carbocycles. The molecule has 1 aromatic heterocycles. The molecule has 0 bridgehead atoms. The molecule has 6 heteroatoms. The lowest BCUT2D eigenvalue weighted by Crippen LogP contribution is -2.46. The number of hydrogen-bond donors (Lipinski definition) is 2. The SMILES string of the molecule is CN=C(NCCCN1CCN(Cc2ccccc2)CC1)NCc1ccsc1. The first kappa shape index (κ1) is 19.9. The van der Waals surface area contributed by atoms with E-state index in [2.05, 4.69) is 72.6 Å². The number of thiophene rings is 1. The van der Waals surface area contributed by atoms with Crippen molar-refractivity contribution in [3.05, 3.63) is 58.3 Å². The van der Waals surface area contributed by atoms with E-state index in [0.717, 1.165) is 64.7 Å². The van der Waals surface area contributed by atoms with Crippen molar-refractivity contribution in [2.24, 2.45) is 4.99 Å². The highest BCUT2D eigenvalue weighted by Gasteiger charge is 2.16. The summed E-state index contributed by atoms with van der Waals surface area (Å²) in [7, 11) is 1.83. The van der Waals surface area contributed by atoms with Gasteiger partial charge in [-0.3, -0.25) is 9.89 Å². The van der Waals surface area contributed by atoms with E-state index in [1.54, 1.807) is 11.3 Å². The van der Waals surface area contributed by atoms with Gasteiger partial charge in [0.1, 0.15) is 0 Å². The molecule has 1 aliphatic rings. The van der Waals surface area contributed by atoms with Crippen LogP contribution in [0.5, 0.6) is 0 Å². The van der Waals surface area contributed by atoms with Crippen LogP contribution >= 0.6 is 11.3 Å². The number of piperazine rings is 1. The molecule has 0 unspecified atom stereocenters. The zero-order chi connectivity index (χ0) is 18.7. The summed E-state index contributed by atoms with van der Waals surface area (Å²) in [6, 6.07) is 12.9. The van der Waals surface area contributed by atoms with Gasteiger partial charge >= 0.3 is 0 Å². The Morgan fingerprint density at radius 3 is 2.48 bits per heavy atom. The number of benzene rings is 1. The van der Waals surface area contributed by atoms with Gasteiger partial charge in [-0.05, 0) is 40.9 Å². The van der Waals surface area contributed by atoms with Crippen molar-refractivity contribution in [1.29, 1.82) is 0 Å². The number of hydrogen-bond acceptors (Lipinski definition) is 4. The Bertz CT molecular complexity index is 663. The van der Waals surface area contributed by atoms with Crippen LogP contribution in [-0.2, 0) is 13.1 Å². The topological polar surface area (TPSA) is 42.9 Å². The summed E-state index contributed by atoms with van der Waals surface area (Å²) in [5, 5.41) is 11.1. The predicted molar refractivity (Wildman–Crippen MR) is 115 cm³/mol. The fourth-order valence-corrected chi connectivity index (χ4v) is 3.99. The average molecular weight is 386 g/mol. The van der Waals surface area contributed by atoms with Crippen molar-refractivity contribution in [3.63, 3.8) is 0 Å². The maximum atomic E-state index is 4.30. The van der Waals surface area contributed by atoms with Crippen LogP contribution in [0.25, 0.3) is 0 Å². The molecule has 0 radical (unpaired) electrons. The van der Waals surface area contributed by atoms with Crippen molar-refractivity contribution < 1.29 is 0 Å². The summed E-state index contributed by atoms with van der Waals surface area (Å²) in [4.78, 5) is 9.43. The highest BCUT2D eigenvalue weighted by Crippen LogP contribution is 2.08. The van der Waals surface area contributed by atoms with E-state index in [4.69, 9.17) is 0 Å². The van der Waals surface area contributed by atoms with E-state index < -0.39 is 0 Å². The maximum absolute atomic E-state index is 4.30. The van der Waals surface area contributed by atoms with Gasteiger partial charge in [-0.25, -0.2) is 0 Å². The Morgan fingerprint density at radius 1 is 1.00 bits per heavy atom. The first-order valence-corrected chi connectivity index (χ1v) is 10.7. The summed E-state index contributed by atoms with van der Waals surface area (Å²) in [5.41, 5.74) is 2.72. The predicted octanol–water partition coefficient (Wildman–Crippen LogP) is 2.62. The first-order valence-electron chi connectivity index (χ1n) is 9.78. The molecule has 2 N–H and O–H groups in total. The minimum atomic E-state index is 0.826. The fourth-order valence-electron chi connectivity index (χ4n) is 3.32. The molecule has 1 aliphatic heterocycles. The number of guanidine groups is 1. The van der Waals surface area contributed by atoms with Gasteiger partial charge in [0.05, 0.1) is 0 Å². The highest BCUT2D eigenvalue weighted by molar-refractivity contribution is 7.07. The smallest absolute Gasteiger partial charge is 0.191 e. The third-order valence-electron chi connectivity index (χ3n) is 4.92. The van der Waals surface area contributed by atoms with Crippen molar-refractivity contribution in [3.8, 4) is 0 Å². The van der Waals surface area contributed by atoms with E-state index in [1.807, 2.05) is 7.05 Å². The van der Waals surface area contributed by atoms with Crippen LogP contribution in [0, 0.1) is 0 Å². The Morgan fingerprint density at radius 2 is 1.78 bits per heavy atom. The van der Waals surface area contributed by atoms with Crippen LogP contribution in [0.2, 0.25) is 0 Å². The summed E-state index contributed by atoms with van der Waals surface area (Å²) in [5.74, 6) is 0.883. The maximum Gasteiger partial charge on any atom is 0.191 e. The molecule has 0 saturated carbocycles. The molecule has 2 heterocycles. The zero-order valence-electron chi connectivity index (χ0n) is 16.2. The molecular formula is C21H31N5S. The molecular weight excluding hydrogens is 354 g/mol. The average Bonchev–Trinajstić information content (AvgIpc) is 3.23. The third kappa shape index (κ3) is 6.97. The van der Waals surface area contributed by atoms with Gasteiger partial charge in [-0.2, -0.15) is 11.3 Å². The van der Waals surface area contributed by atoms with Crippen LogP contribution in [0.1, 0.15) is 17.5 Å². The summed E-state index contributed by atoms with van der Waals surface area (Å²) in [6.45, 7) is 8.64. The van der Waals surface area contributed by atoms with E-state index >= 15 is 0 Å². The van der Waals surface area contributed by atoms with Gasteiger partial charge in [-0.15, -0.1) is 0 Å². The Hall–Kier alpha value is -1.89. The lowest BCUT2D eigenvalue weighted by atomic mass is 10.2. The molecule has 0 spiro atoms. The molecule has 0 aliphatic carbocycles. The number of rotatable bonds is 8. The molecule has 0 amide bonds. The normalized spacial score (nSPS) is 16.4. The van der Waals surface area contributed by atoms with Crippen LogP contribution in [0.15, 0.2) is 52.2 Å². The van der Waals surface area contributed by atoms with E-state index in [0.29, 0.717) is 0 Å². The van der Waals surface area contributed by atoms with E-state index in [-0.39, 0.29) is 0 Å². The zero-order valence-corrected chi connectivity index (χ0v) is 17.0. The van der Waals surface area contributed by atoms with Crippen molar-refractivity contribution in [1.82, 2.24) is 20.4 Å². The molecule has 1 fully saturated rings. The summed E-state index contributed by atoms with van der Waals surface area (Å²) < 4.78 is 0. The molecule has 5 nitrogen and oxygen atoms in total. The van der Waals surface area contributed by atoms with Crippen LogP contribution in [-0.4, -0.2) is 62.1 Å². The largest absolute Gasteiger partial charge is 0.356 e. The summed E-state index contributed by atoms with van der Waals surface area (Å²) in [6.07, 6.45) is 1.14. The number of aliphatic imine (C=N–C) groups is 1. The molecule has 3 rings (SSSR count). The third-order valence-corrected chi connectivity index (χ3v) is 5.65. The Kier molecular flexibility index (Phi) is 8.14. The molecule has 2 aromatic rings. The monoisotopic (exact) mass is 385 g/mol. The minimum Gasteiger partial charge on any atom is -0.356 e. The first-order chi connectivity index (χ1) is 13.3. The number of nitrogens with one attached hydrogen (secondary N) is 2. The lowest BCUT2D eigenvalue weighted by molar-refractivity contribution is 0.126. The molecule has 146 valence electrons. The van der Waals surface area contributed by atoms with E-state index in [9.17, 15) is 0 Å². The van der Waals surface area contributed by atoms with Gasteiger partial charge in [0.2, 0.25) is 0 Å². The second kappa shape index (κ2) is 11.1. The Balaban J connectivity index is 1.26. The van der Waals surface area contributed by atoms with Crippen molar-refractivity contribution in [2.75, 3.05) is 46.3 Å². The minimum absolute atomic E-state index is 0.826. The van der Waals surface area contributed by atoms with Gasteiger partial charge in [0, 0.05) is 52.9 Å². The molecule has 0 atom stereocenters. The van der Waals surface area contributed by atoms with Gasteiger partial charge in [0.25, 0.3) is 0 Å². The van der Waals surface area contributed by atoms with Gasteiger partial charge in [0.15, 0.2) is 5.96 Å². The fraction of sp³-hybridized carbons (Fsp3) is 0.476. The van der Waals surface area contributed by atoms with E-state index in [1.165, 1.54) is 11.1 Å². The van der Waals surface area contributed by atoms with Gasteiger partial charge in [-0.1, -0.05) is 30.3 Å². The quantitative estimate of drug-likeness (QED) is 0.416.